The summed E-state index contributed by atoms with van der Waals surface area (Å²) in [5, 5.41) is 17.0. The maximum atomic E-state index is 13.4. The zero-order valence-electron chi connectivity index (χ0n) is 36.4. The zero-order valence-corrected chi connectivity index (χ0v) is 36.4. The number of halogens is 3. The molecular formula is C47H50F3N11O4. The number of piperazine rings is 1. The van der Waals surface area contributed by atoms with E-state index < -0.39 is 29.2 Å². The second kappa shape index (κ2) is 17.6. The summed E-state index contributed by atoms with van der Waals surface area (Å²) < 4.78 is 45.0. The van der Waals surface area contributed by atoms with Gasteiger partial charge in [0.15, 0.2) is 5.65 Å². The van der Waals surface area contributed by atoms with E-state index in [-0.39, 0.29) is 18.5 Å². The second-order valence-electron chi connectivity index (χ2n) is 17.6. The normalized spacial score (nSPS) is 16.9. The van der Waals surface area contributed by atoms with E-state index in [2.05, 4.69) is 93.1 Å². The quantitative estimate of drug-likeness (QED) is 0.120. The van der Waals surface area contributed by atoms with Crippen molar-refractivity contribution in [1.29, 1.82) is 0 Å². The van der Waals surface area contributed by atoms with Crippen LogP contribution in [0.4, 0.5) is 35.0 Å². The molecule has 0 atom stereocenters. The first-order valence-electron chi connectivity index (χ1n) is 21.9. The predicted molar refractivity (Wildman–Crippen MR) is 240 cm³/mol. The highest BCUT2D eigenvalue weighted by Crippen LogP contribution is 2.39. The first kappa shape index (κ1) is 43.4. The number of aromatic amines is 1. The van der Waals surface area contributed by atoms with Gasteiger partial charge in [0.05, 0.1) is 0 Å². The van der Waals surface area contributed by atoms with Gasteiger partial charge in [0, 0.05) is 105 Å². The Morgan fingerprint density at radius 2 is 1.49 bits per heavy atom. The lowest BCUT2D eigenvalue weighted by atomic mass is 9.93. The molecule has 6 heterocycles. The van der Waals surface area contributed by atoms with Crippen molar-refractivity contribution in [1.82, 2.24) is 40.9 Å². The second-order valence-corrected chi connectivity index (χ2v) is 17.6. The van der Waals surface area contributed by atoms with Crippen LogP contribution in [-0.2, 0) is 16.8 Å². The SMILES string of the molecule is Cc1cc(-c2n[nH]c3ncc(-c4ccc(N5CCN(CC6CCN(c7ccc(N8CCC(=O)NC8=O)cc7)CC6)CC5)cc4)cc23)ccc1CNC(=O)c1noc(C(C)(C)C(F)(F)F)n1. The average Bonchev–Trinajstić information content (AvgIpc) is 3.98. The van der Waals surface area contributed by atoms with Crippen LogP contribution in [0.3, 0.4) is 0 Å². The van der Waals surface area contributed by atoms with Crippen LogP contribution in [0.25, 0.3) is 33.4 Å². The molecule has 0 unspecified atom stereocenters. The number of hydrogen-bond acceptors (Lipinski definition) is 11. The number of carbonyl (C=O) groups excluding carboxylic acids is 3. The molecule has 4 amide bonds. The fourth-order valence-electron chi connectivity index (χ4n) is 8.71. The number of aromatic nitrogens is 5. The first-order chi connectivity index (χ1) is 31.2. The van der Waals surface area contributed by atoms with E-state index in [0.29, 0.717) is 24.5 Å². The van der Waals surface area contributed by atoms with Crippen LogP contribution in [0, 0.1) is 12.8 Å². The molecule has 0 saturated carbocycles. The number of H-pyrrole nitrogens is 1. The maximum absolute atomic E-state index is 13.4. The summed E-state index contributed by atoms with van der Waals surface area (Å²) in [5.74, 6) is -1.47. The van der Waals surface area contributed by atoms with E-state index in [0.717, 1.165) is 123 Å². The molecule has 15 nitrogen and oxygen atoms in total. The fourth-order valence-corrected chi connectivity index (χ4v) is 8.71. The average molecular weight is 890 g/mol. The number of piperidine rings is 1. The van der Waals surface area contributed by atoms with Crippen LogP contribution in [0.15, 0.2) is 83.5 Å². The minimum absolute atomic E-state index is 0.102. The Kier molecular flexibility index (Phi) is 11.8. The van der Waals surface area contributed by atoms with Crippen LogP contribution in [0.1, 0.15) is 60.7 Å². The molecule has 3 fully saturated rings. The molecule has 18 heteroatoms. The minimum Gasteiger partial charge on any atom is -0.372 e. The number of benzene rings is 3. The van der Waals surface area contributed by atoms with Gasteiger partial charge in [0.2, 0.25) is 11.8 Å². The topological polar surface area (TPSA) is 169 Å². The monoisotopic (exact) mass is 889 g/mol. The molecule has 3 aliphatic rings. The number of rotatable bonds is 11. The first-order valence-corrected chi connectivity index (χ1v) is 21.9. The minimum atomic E-state index is -4.63. The molecule has 0 bridgehead atoms. The number of nitrogens with one attached hydrogen (secondary N) is 3. The van der Waals surface area contributed by atoms with Crippen molar-refractivity contribution in [3.63, 3.8) is 0 Å². The van der Waals surface area contributed by atoms with Gasteiger partial charge in [-0.3, -0.25) is 29.8 Å². The van der Waals surface area contributed by atoms with E-state index in [1.807, 2.05) is 43.5 Å². The molecule has 3 aromatic carbocycles. The molecule has 338 valence electrons. The summed E-state index contributed by atoms with van der Waals surface area (Å²) in [6, 6.07) is 24.2. The van der Waals surface area contributed by atoms with Gasteiger partial charge in [0.25, 0.3) is 11.7 Å². The Balaban J connectivity index is 0.758. The molecular weight excluding hydrogens is 840 g/mol. The number of nitrogens with zero attached hydrogens (tertiary/aromatic N) is 8. The number of fused-ring (bicyclic) bond motifs is 1. The lowest BCUT2D eigenvalue weighted by Gasteiger charge is -2.40. The van der Waals surface area contributed by atoms with Gasteiger partial charge in [-0.05, 0) is 105 Å². The number of carbonyl (C=O) groups is 3. The molecule has 65 heavy (non-hydrogen) atoms. The Morgan fingerprint density at radius 1 is 0.831 bits per heavy atom. The van der Waals surface area contributed by atoms with Crippen molar-refractivity contribution in [2.45, 2.75) is 58.2 Å². The number of pyridine rings is 1. The van der Waals surface area contributed by atoms with Gasteiger partial charge in [-0.15, -0.1) is 0 Å². The van der Waals surface area contributed by atoms with Crippen molar-refractivity contribution in [3.05, 3.63) is 102 Å². The number of amides is 4. The third kappa shape index (κ3) is 9.12. The largest absolute Gasteiger partial charge is 0.402 e. The van der Waals surface area contributed by atoms with Crippen LogP contribution >= 0.6 is 0 Å². The highest BCUT2D eigenvalue weighted by molar-refractivity contribution is 6.05. The van der Waals surface area contributed by atoms with Crippen molar-refractivity contribution >= 4 is 45.9 Å². The Labute approximate surface area is 373 Å². The summed E-state index contributed by atoms with van der Waals surface area (Å²) >= 11 is 0. The molecule has 3 N–H and O–H groups in total. The lowest BCUT2D eigenvalue weighted by Crippen LogP contribution is -2.49. The van der Waals surface area contributed by atoms with E-state index in [1.54, 1.807) is 4.90 Å². The summed E-state index contributed by atoms with van der Waals surface area (Å²) in [5.41, 5.74) is 6.68. The summed E-state index contributed by atoms with van der Waals surface area (Å²) in [7, 11) is 0. The van der Waals surface area contributed by atoms with Crippen molar-refractivity contribution in [2.24, 2.45) is 5.92 Å². The molecule has 6 aromatic rings. The Hall–Kier alpha value is -6.82. The van der Waals surface area contributed by atoms with Gasteiger partial charge in [-0.1, -0.05) is 29.4 Å². The molecule has 3 aliphatic heterocycles. The van der Waals surface area contributed by atoms with Gasteiger partial charge in [-0.25, -0.2) is 9.78 Å². The van der Waals surface area contributed by atoms with Crippen LogP contribution < -0.4 is 25.3 Å². The maximum Gasteiger partial charge on any atom is 0.402 e. The summed E-state index contributed by atoms with van der Waals surface area (Å²) in [6.07, 6.45) is -0.196. The van der Waals surface area contributed by atoms with Gasteiger partial charge < -0.3 is 19.6 Å². The number of alkyl halides is 3. The highest BCUT2D eigenvalue weighted by Gasteiger charge is 2.53. The van der Waals surface area contributed by atoms with Crippen LogP contribution in [-0.4, -0.2) is 107 Å². The lowest BCUT2D eigenvalue weighted by molar-refractivity contribution is -0.186. The highest BCUT2D eigenvalue weighted by atomic mass is 19.4. The van der Waals surface area contributed by atoms with E-state index in [1.165, 1.54) is 5.69 Å². The van der Waals surface area contributed by atoms with E-state index in [9.17, 15) is 27.6 Å². The molecule has 3 aromatic heterocycles. The number of urea groups is 1. The number of aryl methyl sites for hydroxylation is 1. The Bertz CT molecular complexity index is 2700. The third-order valence-corrected chi connectivity index (χ3v) is 13.0. The summed E-state index contributed by atoms with van der Waals surface area (Å²) in [4.78, 5) is 54.0. The Morgan fingerprint density at radius 3 is 2.17 bits per heavy atom. The van der Waals surface area contributed by atoms with Gasteiger partial charge in [-0.2, -0.15) is 23.3 Å². The summed E-state index contributed by atoms with van der Waals surface area (Å²) in [6.45, 7) is 11.3. The van der Waals surface area contributed by atoms with Gasteiger partial charge >= 0.3 is 12.2 Å². The van der Waals surface area contributed by atoms with E-state index >= 15 is 0 Å². The molecule has 9 rings (SSSR count). The molecule has 0 aliphatic carbocycles. The molecule has 3 saturated heterocycles. The van der Waals surface area contributed by atoms with Crippen molar-refractivity contribution in [2.75, 3.05) is 67.1 Å². The van der Waals surface area contributed by atoms with Crippen LogP contribution in [0.2, 0.25) is 0 Å². The third-order valence-electron chi connectivity index (χ3n) is 13.0. The number of anilines is 3. The number of imide groups is 1. The van der Waals surface area contributed by atoms with Crippen molar-refractivity contribution in [3.8, 4) is 22.4 Å². The fraction of sp³-hybridized carbons (Fsp3) is 0.383. The van der Waals surface area contributed by atoms with Crippen LogP contribution in [0.5, 0.6) is 0 Å². The molecule has 0 radical (unpaired) electrons. The van der Waals surface area contributed by atoms with Crippen molar-refractivity contribution < 1.29 is 32.1 Å². The number of hydrogen-bond donors (Lipinski definition) is 3. The van der Waals surface area contributed by atoms with Gasteiger partial charge in [0.1, 0.15) is 11.1 Å². The molecule has 0 spiro atoms. The smallest absolute Gasteiger partial charge is 0.372 e. The zero-order chi connectivity index (χ0) is 45.5. The van der Waals surface area contributed by atoms with E-state index in [4.69, 9.17) is 4.52 Å². The predicted octanol–water partition coefficient (Wildman–Crippen LogP) is 7.24. The standard InChI is InChI=1S/C47H50F3N11O4/c1-29-24-32(4-5-33(29)26-52-43(63)42-54-44(65-57-42)46(2,3)47(48,49)50)40-38-25-34(27-51-41(38)56-55-40)31-6-8-35(9-7-31)60-22-20-58(21-23-60)28-30-14-17-59(18-15-30)36-10-12-37(13-11-36)61-19-16-39(62)53-45(61)64/h4-13,24-25,27,30H,14-23,26,28H2,1-3H3,(H,52,63)(H,51,55,56)(H,53,62,64).